The maximum atomic E-state index is 12.1. The number of rotatable bonds is 5. The number of amides is 2. The molecule has 2 aromatic carbocycles. The van der Waals surface area contributed by atoms with Crippen LogP contribution in [0.4, 0.5) is 11.4 Å². The first-order chi connectivity index (χ1) is 11.7. The number of halogens is 1. The highest BCUT2D eigenvalue weighted by molar-refractivity contribution is 9.10. The average molecular weight is 404 g/mol. The SMILES string of the molecule is CC(C)(C)NC(=O)c1ccc(NC(=O)CNc2cccc(Br)c2)cc1. The van der Waals surface area contributed by atoms with Gasteiger partial charge in [-0.05, 0) is 63.2 Å². The third-order valence-electron chi connectivity index (χ3n) is 3.20. The highest BCUT2D eigenvalue weighted by Gasteiger charge is 2.15. The molecule has 2 rings (SSSR count). The van der Waals surface area contributed by atoms with Crippen LogP contribution < -0.4 is 16.0 Å². The van der Waals surface area contributed by atoms with Crippen LogP contribution in [0.5, 0.6) is 0 Å². The summed E-state index contributed by atoms with van der Waals surface area (Å²) >= 11 is 3.39. The molecule has 0 radical (unpaired) electrons. The van der Waals surface area contributed by atoms with Gasteiger partial charge in [-0.25, -0.2) is 0 Å². The zero-order valence-corrected chi connectivity index (χ0v) is 16.1. The Morgan fingerprint density at radius 3 is 2.28 bits per heavy atom. The van der Waals surface area contributed by atoms with E-state index in [-0.39, 0.29) is 23.9 Å². The molecule has 0 heterocycles. The van der Waals surface area contributed by atoms with Crippen molar-refractivity contribution in [1.29, 1.82) is 0 Å². The maximum absolute atomic E-state index is 12.1. The lowest BCUT2D eigenvalue weighted by atomic mass is 10.1. The van der Waals surface area contributed by atoms with Gasteiger partial charge < -0.3 is 16.0 Å². The Labute approximate surface area is 156 Å². The van der Waals surface area contributed by atoms with Crippen LogP contribution in [-0.4, -0.2) is 23.9 Å². The number of anilines is 2. The number of benzene rings is 2. The number of nitrogens with one attached hydrogen (secondary N) is 3. The summed E-state index contributed by atoms with van der Waals surface area (Å²) in [6.07, 6.45) is 0. The van der Waals surface area contributed by atoms with E-state index in [4.69, 9.17) is 0 Å². The average Bonchev–Trinajstić information content (AvgIpc) is 2.52. The van der Waals surface area contributed by atoms with Crippen molar-refractivity contribution in [2.24, 2.45) is 0 Å². The van der Waals surface area contributed by atoms with Crippen molar-refractivity contribution in [3.63, 3.8) is 0 Å². The number of hydrogen-bond acceptors (Lipinski definition) is 3. The fourth-order valence-corrected chi connectivity index (χ4v) is 2.50. The maximum Gasteiger partial charge on any atom is 0.251 e. The second kappa shape index (κ2) is 8.16. The second-order valence-electron chi connectivity index (χ2n) is 6.69. The molecule has 0 spiro atoms. The fourth-order valence-electron chi connectivity index (χ4n) is 2.10. The summed E-state index contributed by atoms with van der Waals surface area (Å²) in [5.41, 5.74) is 1.77. The Morgan fingerprint density at radius 1 is 1.00 bits per heavy atom. The van der Waals surface area contributed by atoms with Gasteiger partial charge in [0.25, 0.3) is 5.91 Å². The van der Waals surface area contributed by atoms with Gasteiger partial charge in [-0.1, -0.05) is 22.0 Å². The molecule has 2 amide bonds. The van der Waals surface area contributed by atoms with Crippen LogP contribution in [0.1, 0.15) is 31.1 Å². The zero-order chi connectivity index (χ0) is 18.4. The number of carbonyl (C=O) groups is 2. The Kier molecular flexibility index (Phi) is 6.20. The highest BCUT2D eigenvalue weighted by Crippen LogP contribution is 2.15. The van der Waals surface area contributed by atoms with E-state index in [1.54, 1.807) is 24.3 Å². The molecular formula is C19H22BrN3O2. The molecule has 0 bridgehead atoms. The quantitative estimate of drug-likeness (QED) is 0.705. The van der Waals surface area contributed by atoms with Crippen LogP contribution in [0.3, 0.4) is 0 Å². The van der Waals surface area contributed by atoms with E-state index >= 15 is 0 Å². The summed E-state index contributed by atoms with van der Waals surface area (Å²) in [6.45, 7) is 5.94. The monoisotopic (exact) mass is 403 g/mol. The first kappa shape index (κ1) is 19.0. The molecule has 6 heteroatoms. The molecule has 0 aromatic heterocycles. The van der Waals surface area contributed by atoms with Gasteiger partial charge in [0.05, 0.1) is 6.54 Å². The first-order valence-corrected chi connectivity index (χ1v) is 8.74. The minimum Gasteiger partial charge on any atom is -0.376 e. The molecule has 2 aromatic rings. The van der Waals surface area contributed by atoms with E-state index in [1.807, 2.05) is 45.0 Å². The molecule has 3 N–H and O–H groups in total. The van der Waals surface area contributed by atoms with Gasteiger partial charge in [0, 0.05) is 26.9 Å². The normalized spacial score (nSPS) is 10.9. The zero-order valence-electron chi connectivity index (χ0n) is 14.5. The van der Waals surface area contributed by atoms with Crippen molar-refractivity contribution in [1.82, 2.24) is 5.32 Å². The molecule has 0 aliphatic rings. The lowest BCUT2D eigenvalue weighted by Crippen LogP contribution is -2.40. The molecule has 132 valence electrons. The van der Waals surface area contributed by atoms with Crippen LogP contribution in [0.2, 0.25) is 0 Å². The van der Waals surface area contributed by atoms with E-state index in [1.165, 1.54) is 0 Å². The van der Waals surface area contributed by atoms with Crippen molar-refractivity contribution < 1.29 is 9.59 Å². The molecule has 0 saturated carbocycles. The third kappa shape index (κ3) is 6.58. The molecule has 0 unspecified atom stereocenters. The van der Waals surface area contributed by atoms with Crippen molar-refractivity contribution in [2.45, 2.75) is 26.3 Å². The van der Waals surface area contributed by atoms with Gasteiger partial charge in [-0.2, -0.15) is 0 Å². The van der Waals surface area contributed by atoms with E-state index in [0.29, 0.717) is 11.3 Å². The molecule has 0 aliphatic carbocycles. The van der Waals surface area contributed by atoms with E-state index in [9.17, 15) is 9.59 Å². The second-order valence-corrected chi connectivity index (χ2v) is 7.61. The first-order valence-electron chi connectivity index (χ1n) is 7.95. The molecule has 0 aliphatic heterocycles. The minimum atomic E-state index is -0.290. The Balaban J connectivity index is 1.88. The standard InChI is InChI=1S/C19H22BrN3O2/c1-19(2,3)23-18(25)13-7-9-15(10-8-13)22-17(24)12-21-16-6-4-5-14(20)11-16/h4-11,21H,12H2,1-3H3,(H,22,24)(H,23,25). The van der Waals surface area contributed by atoms with Crippen LogP contribution >= 0.6 is 15.9 Å². The van der Waals surface area contributed by atoms with Crippen LogP contribution in [-0.2, 0) is 4.79 Å². The molecule has 25 heavy (non-hydrogen) atoms. The van der Waals surface area contributed by atoms with Gasteiger partial charge in [0.15, 0.2) is 0 Å². The van der Waals surface area contributed by atoms with E-state index < -0.39 is 0 Å². The van der Waals surface area contributed by atoms with Crippen LogP contribution in [0.15, 0.2) is 53.0 Å². The smallest absolute Gasteiger partial charge is 0.251 e. The van der Waals surface area contributed by atoms with Gasteiger partial charge in [-0.15, -0.1) is 0 Å². The minimum absolute atomic E-state index is 0.137. The van der Waals surface area contributed by atoms with Gasteiger partial charge in [0.1, 0.15) is 0 Å². The molecule has 0 saturated heterocycles. The van der Waals surface area contributed by atoms with Crippen LogP contribution in [0, 0.1) is 0 Å². The Hall–Kier alpha value is -2.34. The van der Waals surface area contributed by atoms with Gasteiger partial charge >= 0.3 is 0 Å². The summed E-state index contributed by atoms with van der Waals surface area (Å²) in [5, 5.41) is 8.75. The van der Waals surface area contributed by atoms with E-state index in [2.05, 4.69) is 31.9 Å². The van der Waals surface area contributed by atoms with Crippen molar-refractivity contribution in [3.8, 4) is 0 Å². The fraction of sp³-hybridized carbons (Fsp3) is 0.263. The summed E-state index contributed by atoms with van der Waals surface area (Å²) in [7, 11) is 0. The third-order valence-corrected chi connectivity index (χ3v) is 3.69. The predicted molar refractivity (Wildman–Crippen MR) is 105 cm³/mol. The summed E-state index contributed by atoms with van der Waals surface area (Å²) in [6, 6.07) is 14.4. The molecule has 0 fully saturated rings. The Morgan fingerprint density at radius 2 is 1.68 bits per heavy atom. The summed E-state index contributed by atoms with van der Waals surface area (Å²) < 4.78 is 0.946. The number of carbonyl (C=O) groups excluding carboxylic acids is 2. The largest absolute Gasteiger partial charge is 0.376 e. The summed E-state index contributed by atoms with van der Waals surface area (Å²) in [4.78, 5) is 24.1. The van der Waals surface area contributed by atoms with Crippen molar-refractivity contribution in [3.05, 3.63) is 58.6 Å². The van der Waals surface area contributed by atoms with Gasteiger partial charge in [0.2, 0.25) is 5.91 Å². The molecular weight excluding hydrogens is 382 g/mol. The topological polar surface area (TPSA) is 70.2 Å². The van der Waals surface area contributed by atoms with Crippen LogP contribution in [0.25, 0.3) is 0 Å². The summed E-state index contributed by atoms with van der Waals surface area (Å²) in [5.74, 6) is -0.298. The number of hydrogen-bond donors (Lipinski definition) is 3. The molecule has 5 nitrogen and oxygen atoms in total. The van der Waals surface area contributed by atoms with Crippen molar-refractivity contribution in [2.75, 3.05) is 17.2 Å². The highest BCUT2D eigenvalue weighted by atomic mass is 79.9. The van der Waals surface area contributed by atoms with Gasteiger partial charge in [-0.3, -0.25) is 9.59 Å². The van der Waals surface area contributed by atoms with E-state index in [0.717, 1.165) is 10.2 Å². The van der Waals surface area contributed by atoms with Crippen molar-refractivity contribution >= 4 is 39.1 Å². The lowest BCUT2D eigenvalue weighted by Gasteiger charge is -2.20. The predicted octanol–water partition coefficient (Wildman–Crippen LogP) is 4.03. The Bertz CT molecular complexity index is 752. The molecule has 0 atom stereocenters. The lowest BCUT2D eigenvalue weighted by molar-refractivity contribution is -0.114.